The number of thiazole rings is 1. The van der Waals surface area contributed by atoms with E-state index in [2.05, 4.69) is 18.0 Å². The largest absolute Gasteiger partial charge is 0.459 e. The smallest absolute Gasteiger partial charge is 0.134 e. The molecule has 3 nitrogen and oxygen atoms in total. The topological polar surface area (TPSA) is 52.0 Å². The molecule has 1 aromatic carbocycles. The molecule has 2 N–H and O–H groups in total. The van der Waals surface area contributed by atoms with Gasteiger partial charge in [-0.3, -0.25) is 0 Å². The van der Waals surface area contributed by atoms with E-state index in [4.69, 9.17) is 10.2 Å². The Morgan fingerprint density at radius 2 is 2.24 bits per heavy atom. The lowest BCUT2D eigenvalue weighted by Crippen LogP contribution is -2.10. The minimum absolute atomic E-state index is 0.283. The predicted octanol–water partition coefficient (Wildman–Crippen LogP) is 3.25. The maximum absolute atomic E-state index is 6.11. The summed E-state index contributed by atoms with van der Waals surface area (Å²) in [5, 5.41) is 3.04. The molecule has 0 saturated carbocycles. The van der Waals surface area contributed by atoms with Crippen LogP contribution in [0.4, 0.5) is 0 Å². The standard InChI is InChI=1S/C13H12N2OS/c1-8-2-3-11-9(4-8)5-12(16-11)13(14)10-6-17-7-15-10/h2-7,13H,14H2,1H3. The summed E-state index contributed by atoms with van der Waals surface area (Å²) in [4.78, 5) is 4.21. The normalized spacial score (nSPS) is 13.1. The van der Waals surface area contributed by atoms with Gasteiger partial charge in [-0.05, 0) is 25.1 Å². The Labute approximate surface area is 103 Å². The van der Waals surface area contributed by atoms with Crippen LogP contribution in [0.1, 0.15) is 23.1 Å². The van der Waals surface area contributed by atoms with Crippen molar-refractivity contribution in [2.24, 2.45) is 5.73 Å². The molecule has 0 saturated heterocycles. The quantitative estimate of drug-likeness (QED) is 0.752. The molecule has 0 bridgehead atoms. The molecule has 3 aromatic rings. The second-order valence-corrected chi connectivity index (χ2v) is 4.80. The molecule has 2 aromatic heterocycles. The zero-order valence-electron chi connectivity index (χ0n) is 9.38. The van der Waals surface area contributed by atoms with Gasteiger partial charge in [0.15, 0.2) is 0 Å². The molecule has 0 amide bonds. The Morgan fingerprint density at radius 3 is 3.00 bits per heavy atom. The SMILES string of the molecule is Cc1ccc2oc(C(N)c3cscn3)cc2c1. The van der Waals surface area contributed by atoms with Crippen molar-refractivity contribution in [3.05, 3.63) is 52.2 Å². The molecule has 0 aliphatic heterocycles. The van der Waals surface area contributed by atoms with Crippen molar-refractivity contribution in [3.8, 4) is 0 Å². The van der Waals surface area contributed by atoms with Crippen LogP contribution in [0.15, 0.2) is 39.6 Å². The molecule has 17 heavy (non-hydrogen) atoms. The van der Waals surface area contributed by atoms with E-state index >= 15 is 0 Å². The van der Waals surface area contributed by atoms with E-state index in [1.165, 1.54) is 16.9 Å². The third-order valence-electron chi connectivity index (χ3n) is 2.77. The van der Waals surface area contributed by atoms with E-state index in [9.17, 15) is 0 Å². The second-order valence-electron chi connectivity index (χ2n) is 4.08. The monoisotopic (exact) mass is 244 g/mol. The third kappa shape index (κ3) is 1.85. The Hall–Kier alpha value is -1.65. The van der Waals surface area contributed by atoms with Gasteiger partial charge >= 0.3 is 0 Å². The molecule has 4 heteroatoms. The first kappa shape index (κ1) is 10.5. The van der Waals surface area contributed by atoms with Gasteiger partial charge in [-0.25, -0.2) is 4.98 Å². The van der Waals surface area contributed by atoms with Crippen molar-refractivity contribution in [1.82, 2.24) is 4.98 Å². The predicted molar refractivity (Wildman–Crippen MR) is 69.1 cm³/mol. The fourth-order valence-electron chi connectivity index (χ4n) is 1.86. The molecule has 1 atom stereocenters. The maximum atomic E-state index is 6.11. The first-order valence-corrected chi connectivity index (χ1v) is 6.32. The Kier molecular flexibility index (Phi) is 2.46. The summed E-state index contributed by atoms with van der Waals surface area (Å²) in [6.45, 7) is 2.06. The van der Waals surface area contributed by atoms with Crippen molar-refractivity contribution >= 4 is 22.3 Å². The number of hydrogen-bond acceptors (Lipinski definition) is 4. The van der Waals surface area contributed by atoms with E-state index < -0.39 is 0 Å². The number of benzene rings is 1. The summed E-state index contributed by atoms with van der Waals surface area (Å²) in [6.07, 6.45) is 0. The van der Waals surface area contributed by atoms with Gasteiger partial charge in [0.05, 0.1) is 11.2 Å². The van der Waals surface area contributed by atoms with Crippen molar-refractivity contribution in [2.75, 3.05) is 0 Å². The summed E-state index contributed by atoms with van der Waals surface area (Å²) in [5.74, 6) is 0.761. The summed E-state index contributed by atoms with van der Waals surface area (Å²) in [5.41, 5.74) is 10.8. The summed E-state index contributed by atoms with van der Waals surface area (Å²) < 4.78 is 5.75. The van der Waals surface area contributed by atoms with Crippen LogP contribution < -0.4 is 5.73 Å². The third-order valence-corrected chi connectivity index (χ3v) is 3.37. The van der Waals surface area contributed by atoms with E-state index in [1.807, 2.05) is 23.6 Å². The number of aromatic nitrogens is 1. The van der Waals surface area contributed by atoms with Gasteiger partial charge in [0.2, 0.25) is 0 Å². The Morgan fingerprint density at radius 1 is 1.35 bits per heavy atom. The van der Waals surface area contributed by atoms with Gasteiger partial charge < -0.3 is 10.2 Å². The maximum Gasteiger partial charge on any atom is 0.134 e. The Bertz CT molecular complexity index is 643. The second kappa shape index (κ2) is 3.98. The molecular formula is C13H12N2OS. The van der Waals surface area contributed by atoms with Crippen LogP contribution in [0.2, 0.25) is 0 Å². The van der Waals surface area contributed by atoms with Crippen LogP contribution in [0.25, 0.3) is 11.0 Å². The van der Waals surface area contributed by atoms with E-state index in [-0.39, 0.29) is 6.04 Å². The average molecular weight is 244 g/mol. The number of nitrogens with zero attached hydrogens (tertiary/aromatic N) is 1. The summed E-state index contributed by atoms with van der Waals surface area (Å²) in [6, 6.07) is 7.81. The number of aryl methyl sites for hydroxylation is 1. The van der Waals surface area contributed by atoms with Crippen LogP contribution in [0, 0.1) is 6.92 Å². The number of furan rings is 1. The van der Waals surface area contributed by atoms with Gasteiger partial charge in [-0.15, -0.1) is 11.3 Å². The molecule has 0 aliphatic rings. The average Bonchev–Trinajstić information content (AvgIpc) is 2.96. The molecule has 3 rings (SSSR count). The van der Waals surface area contributed by atoms with E-state index in [0.717, 1.165) is 22.4 Å². The molecule has 2 heterocycles. The fourth-order valence-corrected chi connectivity index (χ4v) is 2.45. The van der Waals surface area contributed by atoms with E-state index in [0.29, 0.717) is 0 Å². The number of nitrogens with two attached hydrogens (primary N) is 1. The highest BCUT2D eigenvalue weighted by Crippen LogP contribution is 2.27. The molecule has 0 aliphatic carbocycles. The lowest BCUT2D eigenvalue weighted by atomic mass is 10.1. The molecule has 0 spiro atoms. The summed E-state index contributed by atoms with van der Waals surface area (Å²) in [7, 11) is 0. The Balaban J connectivity index is 2.06. The summed E-state index contributed by atoms with van der Waals surface area (Å²) >= 11 is 1.54. The number of fused-ring (bicyclic) bond motifs is 1. The molecule has 0 radical (unpaired) electrons. The molecule has 0 fully saturated rings. The zero-order chi connectivity index (χ0) is 11.8. The number of hydrogen-bond donors (Lipinski definition) is 1. The number of rotatable bonds is 2. The van der Waals surface area contributed by atoms with Gasteiger partial charge in [0.1, 0.15) is 17.4 Å². The van der Waals surface area contributed by atoms with Crippen molar-refractivity contribution in [1.29, 1.82) is 0 Å². The molecule has 1 unspecified atom stereocenters. The first-order chi connectivity index (χ1) is 8.24. The van der Waals surface area contributed by atoms with Gasteiger partial charge in [0.25, 0.3) is 0 Å². The highest BCUT2D eigenvalue weighted by Gasteiger charge is 2.15. The van der Waals surface area contributed by atoms with Gasteiger partial charge in [0, 0.05) is 10.8 Å². The van der Waals surface area contributed by atoms with Crippen LogP contribution in [0.3, 0.4) is 0 Å². The minimum Gasteiger partial charge on any atom is -0.459 e. The lowest BCUT2D eigenvalue weighted by molar-refractivity contribution is 0.521. The minimum atomic E-state index is -0.283. The van der Waals surface area contributed by atoms with Crippen LogP contribution in [-0.4, -0.2) is 4.98 Å². The highest BCUT2D eigenvalue weighted by atomic mass is 32.1. The fraction of sp³-hybridized carbons (Fsp3) is 0.154. The zero-order valence-corrected chi connectivity index (χ0v) is 10.2. The first-order valence-electron chi connectivity index (χ1n) is 5.38. The van der Waals surface area contributed by atoms with Crippen LogP contribution >= 0.6 is 11.3 Å². The lowest BCUT2D eigenvalue weighted by Gasteiger charge is -2.03. The van der Waals surface area contributed by atoms with Crippen molar-refractivity contribution < 1.29 is 4.42 Å². The molecular weight excluding hydrogens is 232 g/mol. The van der Waals surface area contributed by atoms with Crippen LogP contribution in [0.5, 0.6) is 0 Å². The molecule has 86 valence electrons. The van der Waals surface area contributed by atoms with Gasteiger partial charge in [-0.2, -0.15) is 0 Å². The van der Waals surface area contributed by atoms with Gasteiger partial charge in [-0.1, -0.05) is 11.6 Å². The van der Waals surface area contributed by atoms with Crippen molar-refractivity contribution in [2.45, 2.75) is 13.0 Å². The van der Waals surface area contributed by atoms with Crippen molar-refractivity contribution in [3.63, 3.8) is 0 Å². The highest BCUT2D eigenvalue weighted by molar-refractivity contribution is 7.07. The van der Waals surface area contributed by atoms with E-state index in [1.54, 1.807) is 5.51 Å². The van der Waals surface area contributed by atoms with Crippen LogP contribution in [-0.2, 0) is 0 Å².